The van der Waals surface area contributed by atoms with Gasteiger partial charge < -0.3 is 9.84 Å². The molecule has 2 aromatic rings. The number of aromatic amines is 1. The Labute approximate surface area is 95.9 Å². The molecule has 0 atom stereocenters. The van der Waals surface area contributed by atoms with Crippen LogP contribution < -0.4 is 4.74 Å². The Bertz CT molecular complexity index is 566. The van der Waals surface area contributed by atoms with Crippen molar-refractivity contribution in [3.8, 4) is 17.0 Å². The standard InChI is InChI=1S/C11H9FN2O3/c1-17-10-8(9(11(15)16)13-14-10)6-4-2-3-5-7(6)12/h2-5H,1H3,(H,13,14)(H,15,16). The summed E-state index contributed by atoms with van der Waals surface area (Å²) >= 11 is 0. The van der Waals surface area contributed by atoms with Crippen LogP contribution >= 0.6 is 0 Å². The summed E-state index contributed by atoms with van der Waals surface area (Å²) in [6, 6.07) is 5.84. The number of aromatic carboxylic acids is 1. The second-order valence-corrected chi connectivity index (χ2v) is 3.27. The molecule has 2 rings (SSSR count). The topological polar surface area (TPSA) is 75.2 Å². The number of nitrogens with one attached hydrogen (secondary N) is 1. The van der Waals surface area contributed by atoms with Crippen LogP contribution in [0.2, 0.25) is 0 Å². The molecule has 0 saturated carbocycles. The zero-order valence-corrected chi connectivity index (χ0v) is 8.90. The average Bonchev–Trinajstić information content (AvgIpc) is 2.73. The van der Waals surface area contributed by atoms with Crippen molar-refractivity contribution < 1.29 is 19.0 Å². The van der Waals surface area contributed by atoms with Crippen molar-refractivity contribution in [3.63, 3.8) is 0 Å². The lowest BCUT2D eigenvalue weighted by Gasteiger charge is -2.04. The molecular formula is C11H9FN2O3. The van der Waals surface area contributed by atoms with Crippen molar-refractivity contribution in [2.45, 2.75) is 0 Å². The number of methoxy groups -OCH3 is 1. The molecule has 17 heavy (non-hydrogen) atoms. The predicted molar refractivity (Wildman–Crippen MR) is 57.5 cm³/mol. The van der Waals surface area contributed by atoms with Crippen molar-refractivity contribution in [2.75, 3.05) is 7.11 Å². The van der Waals surface area contributed by atoms with E-state index in [4.69, 9.17) is 9.84 Å². The molecule has 0 unspecified atom stereocenters. The van der Waals surface area contributed by atoms with Gasteiger partial charge in [0.1, 0.15) is 5.82 Å². The zero-order chi connectivity index (χ0) is 12.4. The van der Waals surface area contributed by atoms with E-state index in [-0.39, 0.29) is 22.7 Å². The Hall–Kier alpha value is -2.37. The van der Waals surface area contributed by atoms with Crippen molar-refractivity contribution >= 4 is 5.97 Å². The lowest BCUT2D eigenvalue weighted by molar-refractivity contribution is 0.0691. The Morgan fingerprint density at radius 1 is 1.47 bits per heavy atom. The number of H-pyrrole nitrogens is 1. The predicted octanol–water partition coefficient (Wildman–Crippen LogP) is 1.92. The van der Waals surface area contributed by atoms with Crippen LogP contribution in [0.3, 0.4) is 0 Å². The summed E-state index contributed by atoms with van der Waals surface area (Å²) < 4.78 is 18.5. The van der Waals surface area contributed by atoms with E-state index >= 15 is 0 Å². The van der Waals surface area contributed by atoms with Crippen LogP contribution in [0.25, 0.3) is 11.1 Å². The molecule has 0 fully saturated rings. The highest BCUT2D eigenvalue weighted by molar-refractivity contribution is 5.95. The molecule has 0 aliphatic heterocycles. The van der Waals surface area contributed by atoms with Gasteiger partial charge in [-0.3, -0.25) is 5.10 Å². The van der Waals surface area contributed by atoms with Gasteiger partial charge in [0.2, 0.25) is 5.88 Å². The number of rotatable bonds is 3. The van der Waals surface area contributed by atoms with Crippen LogP contribution in [0.5, 0.6) is 5.88 Å². The minimum absolute atomic E-state index is 0.0486. The van der Waals surface area contributed by atoms with Gasteiger partial charge in [0.15, 0.2) is 5.69 Å². The van der Waals surface area contributed by atoms with Crippen LogP contribution in [-0.2, 0) is 0 Å². The molecular weight excluding hydrogens is 227 g/mol. The second-order valence-electron chi connectivity index (χ2n) is 3.27. The highest BCUT2D eigenvalue weighted by Crippen LogP contribution is 2.32. The molecule has 6 heteroatoms. The molecule has 1 aromatic heterocycles. The summed E-state index contributed by atoms with van der Waals surface area (Å²) in [5.74, 6) is -1.71. The third kappa shape index (κ3) is 1.84. The number of halogens is 1. The fourth-order valence-electron chi connectivity index (χ4n) is 1.54. The van der Waals surface area contributed by atoms with E-state index in [0.717, 1.165) is 0 Å². The summed E-state index contributed by atoms with van der Waals surface area (Å²) in [5.41, 5.74) is 0.0422. The van der Waals surface area contributed by atoms with Gasteiger partial charge in [0.05, 0.1) is 12.7 Å². The normalized spacial score (nSPS) is 10.2. The highest BCUT2D eigenvalue weighted by Gasteiger charge is 2.22. The third-order valence-electron chi connectivity index (χ3n) is 2.28. The number of aromatic nitrogens is 2. The molecule has 0 saturated heterocycles. The first kappa shape index (κ1) is 11.1. The summed E-state index contributed by atoms with van der Waals surface area (Å²) in [6.07, 6.45) is 0. The van der Waals surface area contributed by atoms with Crippen molar-refractivity contribution in [1.82, 2.24) is 10.2 Å². The highest BCUT2D eigenvalue weighted by atomic mass is 19.1. The van der Waals surface area contributed by atoms with Gasteiger partial charge in [-0.1, -0.05) is 18.2 Å². The summed E-state index contributed by atoms with van der Waals surface area (Å²) in [7, 11) is 1.34. The Balaban J connectivity index is 2.69. The minimum Gasteiger partial charge on any atom is -0.479 e. The number of hydrogen-bond acceptors (Lipinski definition) is 3. The summed E-state index contributed by atoms with van der Waals surface area (Å²) in [6.45, 7) is 0. The summed E-state index contributed by atoms with van der Waals surface area (Å²) in [4.78, 5) is 11.0. The van der Waals surface area contributed by atoms with Crippen LogP contribution in [0.1, 0.15) is 10.5 Å². The number of hydrogen-bond donors (Lipinski definition) is 2. The smallest absolute Gasteiger partial charge is 0.354 e. The molecule has 0 radical (unpaired) electrons. The Morgan fingerprint density at radius 3 is 2.76 bits per heavy atom. The Kier molecular flexibility index (Phi) is 2.78. The number of carbonyl (C=O) groups is 1. The molecule has 1 aromatic carbocycles. The fraction of sp³-hybridized carbons (Fsp3) is 0.0909. The average molecular weight is 236 g/mol. The molecule has 0 amide bonds. The van der Waals surface area contributed by atoms with Gasteiger partial charge in [-0.05, 0) is 6.07 Å². The lowest BCUT2D eigenvalue weighted by atomic mass is 10.1. The van der Waals surface area contributed by atoms with Gasteiger partial charge in [-0.15, -0.1) is 5.10 Å². The molecule has 0 aliphatic rings. The first-order chi connectivity index (χ1) is 8.15. The molecule has 0 spiro atoms. The number of ether oxygens (including phenoxy) is 1. The van der Waals surface area contributed by atoms with Crippen LogP contribution in [0.4, 0.5) is 4.39 Å². The van der Waals surface area contributed by atoms with Crippen molar-refractivity contribution in [1.29, 1.82) is 0 Å². The monoisotopic (exact) mass is 236 g/mol. The number of carboxylic acids is 1. The fourth-order valence-corrected chi connectivity index (χ4v) is 1.54. The quantitative estimate of drug-likeness (QED) is 0.853. The number of benzene rings is 1. The van der Waals surface area contributed by atoms with Crippen molar-refractivity contribution in [3.05, 3.63) is 35.8 Å². The van der Waals surface area contributed by atoms with E-state index in [0.29, 0.717) is 0 Å². The molecule has 0 aliphatic carbocycles. The Morgan fingerprint density at radius 2 is 2.18 bits per heavy atom. The maximum atomic E-state index is 13.6. The van der Waals surface area contributed by atoms with Crippen LogP contribution in [0.15, 0.2) is 24.3 Å². The molecule has 88 valence electrons. The maximum Gasteiger partial charge on any atom is 0.354 e. The van der Waals surface area contributed by atoms with Crippen molar-refractivity contribution in [2.24, 2.45) is 0 Å². The van der Waals surface area contributed by atoms with Gasteiger partial charge in [0.25, 0.3) is 0 Å². The molecule has 2 N–H and O–H groups in total. The number of carboxylic acid groups (broad SMARTS) is 1. The third-order valence-corrected chi connectivity index (χ3v) is 2.28. The van der Waals surface area contributed by atoms with Gasteiger partial charge >= 0.3 is 5.97 Å². The van der Waals surface area contributed by atoms with E-state index in [1.165, 1.54) is 25.3 Å². The molecule has 5 nitrogen and oxygen atoms in total. The second kappa shape index (κ2) is 4.25. The van der Waals surface area contributed by atoms with E-state index in [9.17, 15) is 9.18 Å². The van der Waals surface area contributed by atoms with E-state index in [1.807, 2.05) is 0 Å². The first-order valence-electron chi connectivity index (χ1n) is 4.75. The van der Waals surface area contributed by atoms with E-state index in [1.54, 1.807) is 6.07 Å². The molecule has 1 heterocycles. The maximum absolute atomic E-state index is 13.6. The van der Waals surface area contributed by atoms with E-state index in [2.05, 4.69) is 10.2 Å². The number of nitrogens with zero attached hydrogens (tertiary/aromatic N) is 1. The SMILES string of the molecule is COc1n[nH]c(C(=O)O)c1-c1ccccc1F. The largest absolute Gasteiger partial charge is 0.479 e. The zero-order valence-electron chi connectivity index (χ0n) is 8.90. The molecule has 0 bridgehead atoms. The van der Waals surface area contributed by atoms with Crippen LogP contribution in [-0.4, -0.2) is 28.4 Å². The van der Waals surface area contributed by atoms with Gasteiger partial charge in [-0.2, -0.15) is 0 Å². The van der Waals surface area contributed by atoms with Gasteiger partial charge in [0, 0.05) is 5.56 Å². The lowest BCUT2D eigenvalue weighted by Crippen LogP contribution is -2.00. The van der Waals surface area contributed by atoms with Crippen LogP contribution in [0, 0.1) is 5.82 Å². The summed E-state index contributed by atoms with van der Waals surface area (Å²) in [5, 5.41) is 15.0. The minimum atomic E-state index is -1.22. The van der Waals surface area contributed by atoms with Gasteiger partial charge in [-0.25, -0.2) is 9.18 Å². The van der Waals surface area contributed by atoms with E-state index < -0.39 is 11.8 Å². The first-order valence-corrected chi connectivity index (χ1v) is 4.75.